The van der Waals surface area contributed by atoms with Crippen LogP contribution in [0.25, 0.3) is 0 Å². The molecule has 1 fully saturated rings. The lowest BCUT2D eigenvalue weighted by atomic mass is 9.93. The van der Waals surface area contributed by atoms with E-state index in [9.17, 15) is 9.59 Å². The van der Waals surface area contributed by atoms with Crippen LogP contribution in [0.5, 0.6) is 0 Å². The van der Waals surface area contributed by atoms with Crippen molar-refractivity contribution in [3.05, 3.63) is 0 Å². The summed E-state index contributed by atoms with van der Waals surface area (Å²) in [5.74, 6) is -0.795. The number of aliphatic carboxylic acids is 1. The number of carboxylic acids is 1. The molecule has 0 aliphatic heterocycles. The Morgan fingerprint density at radius 2 is 1.76 bits per heavy atom. The Balaban J connectivity index is 2.67. The number of carbonyl (C=O) groups is 2. The van der Waals surface area contributed by atoms with Crippen molar-refractivity contribution in [3.63, 3.8) is 0 Å². The fourth-order valence-corrected chi connectivity index (χ4v) is 3.27. The molecule has 0 aromatic carbocycles. The van der Waals surface area contributed by atoms with Gasteiger partial charge < -0.3 is 10.0 Å². The fourth-order valence-electron chi connectivity index (χ4n) is 3.27. The number of amides is 1. The Kier molecular flexibility index (Phi) is 7.72. The molecule has 21 heavy (non-hydrogen) atoms. The highest BCUT2D eigenvalue weighted by Crippen LogP contribution is 2.24. The lowest BCUT2D eigenvalue weighted by molar-refractivity contribution is -0.141. The minimum atomic E-state index is -0.870. The first kappa shape index (κ1) is 18.0. The van der Waals surface area contributed by atoms with E-state index in [0.29, 0.717) is 12.6 Å². The molecule has 1 rings (SSSR count). The zero-order valence-electron chi connectivity index (χ0n) is 13.7. The molecule has 1 saturated carbocycles. The molecule has 1 N–H and O–H groups in total. The van der Waals surface area contributed by atoms with Crippen LogP contribution >= 0.6 is 0 Å². The zero-order chi connectivity index (χ0) is 15.8. The van der Waals surface area contributed by atoms with Crippen LogP contribution in [-0.4, -0.2) is 58.5 Å². The summed E-state index contributed by atoms with van der Waals surface area (Å²) in [6.07, 6.45) is 6.65. The lowest BCUT2D eigenvalue weighted by Crippen LogP contribution is -2.50. The van der Waals surface area contributed by atoms with Gasteiger partial charge in [0.15, 0.2) is 0 Å². The van der Waals surface area contributed by atoms with Crippen molar-refractivity contribution >= 4 is 11.9 Å². The van der Waals surface area contributed by atoms with Crippen molar-refractivity contribution in [1.82, 2.24) is 9.80 Å². The smallest absolute Gasteiger partial charge is 0.317 e. The molecule has 5 heteroatoms. The van der Waals surface area contributed by atoms with E-state index in [0.717, 1.165) is 19.3 Å². The van der Waals surface area contributed by atoms with Gasteiger partial charge in [-0.3, -0.25) is 14.5 Å². The summed E-state index contributed by atoms with van der Waals surface area (Å²) >= 11 is 0. The van der Waals surface area contributed by atoms with Crippen molar-refractivity contribution in [3.8, 4) is 0 Å². The molecule has 0 heterocycles. The number of rotatable bonds is 8. The van der Waals surface area contributed by atoms with Crippen LogP contribution in [-0.2, 0) is 9.59 Å². The van der Waals surface area contributed by atoms with Gasteiger partial charge in [0.25, 0.3) is 0 Å². The van der Waals surface area contributed by atoms with E-state index in [1.165, 1.54) is 19.3 Å². The van der Waals surface area contributed by atoms with Gasteiger partial charge in [0.1, 0.15) is 0 Å². The highest BCUT2D eigenvalue weighted by molar-refractivity contribution is 5.79. The maximum absolute atomic E-state index is 12.6. The Morgan fingerprint density at radius 3 is 2.24 bits per heavy atom. The standard InChI is InChI=1S/C16H30N2O3/c1-4-10-17(12-16(20)21)11-15(19)18(13(2)3)14-8-6-5-7-9-14/h13-14H,4-12H2,1-3H3,(H,20,21). The fraction of sp³-hybridized carbons (Fsp3) is 0.875. The van der Waals surface area contributed by atoms with E-state index in [2.05, 4.69) is 0 Å². The predicted molar refractivity (Wildman–Crippen MR) is 83.2 cm³/mol. The number of hydrogen-bond acceptors (Lipinski definition) is 3. The zero-order valence-corrected chi connectivity index (χ0v) is 13.7. The van der Waals surface area contributed by atoms with Gasteiger partial charge in [-0.15, -0.1) is 0 Å². The molecule has 1 amide bonds. The third-order valence-corrected chi connectivity index (χ3v) is 4.07. The van der Waals surface area contributed by atoms with Crippen molar-refractivity contribution in [2.75, 3.05) is 19.6 Å². The number of carbonyl (C=O) groups excluding carboxylic acids is 1. The molecule has 0 aromatic heterocycles. The normalized spacial score (nSPS) is 16.4. The van der Waals surface area contributed by atoms with Crippen LogP contribution in [0.2, 0.25) is 0 Å². The third kappa shape index (κ3) is 6.04. The van der Waals surface area contributed by atoms with Gasteiger partial charge in [-0.25, -0.2) is 0 Å². The summed E-state index contributed by atoms with van der Waals surface area (Å²) in [6.45, 7) is 6.90. The molecule has 0 spiro atoms. The molecule has 0 aromatic rings. The molecular weight excluding hydrogens is 268 g/mol. The van der Waals surface area contributed by atoms with E-state index in [-0.39, 0.29) is 25.0 Å². The van der Waals surface area contributed by atoms with Gasteiger partial charge in [-0.05, 0) is 39.7 Å². The van der Waals surface area contributed by atoms with Crippen molar-refractivity contribution in [2.24, 2.45) is 0 Å². The summed E-state index contributed by atoms with van der Waals surface area (Å²) in [4.78, 5) is 27.3. The van der Waals surface area contributed by atoms with Gasteiger partial charge in [-0.1, -0.05) is 26.2 Å². The molecule has 0 bridgehead atoms. The average molecular weight is 298 g/mol. The number of hydrogen-bond donors (Lipinski definition) is 1. The highest BCUT2D eigenvalue weighted by Gasteiger charge is 2.28. The molecule has 1 aliphatic carbocycles. The van der Waals surface area contributed by atoms with E-state index in [1.807, 2.05) is 25.7 Å². The summed E-state index contributed by atoms with van der Waals surface area (Å²) in [6, 6.07) is 0.508. The van der Waals surface area contributed by atoms with Crippen LogP contribution in [0.3, 0.4) is 0 Å². The third-order valence-electron chi connectivity index (χ3n) is 4.07. The minimum Gasteiger partial charge on any atom is -0.480 e. The maximum atomic E-state index is 12.6. The lowest BCUT2D eigenvalue weighted by Gasteiger charge is -2.38. The van der Waals surface area contributed by atoms with Gasteiger partial charge in [-0.2, -0.15) is 0 Å². The van der Waals surface area contributed by atoms with E-state index in [1.54, 1.807) is 4.90 Å². The molecule has 0 atom stereocenters. The first-order valence-electron chi connectivity index (χ1n) is 8.21. The van der Waals surface area contributed by atoms with Crippen LogP contribution in [0.15, 0.2) is 0 Å². The predicted octanol–water partition coefficient (Wildman–Crippen LogP) is 2.35. The van der Waals surface area contributed by atoms with E-state index >= 15 is 0 Å². The number of nitrogens with zero attached hydrogens (tertiary/aromatic N) is 2. The quantitative estimate of drug-likeness (QED) is 0.747. The second kappa shape index (κ2) is 9.03. The molecule has 5 nitrogen and oxygen atoms in total. The molecule has 1 aliphatic rings. The van der Waals surface area contributed by atoms with E-state index in [4.69, 9.17) is 5.11 Å². The Hall–Kier alpha value is -1.10. The summed E-state index contributed by atoms with van der Waals surface area (Å²) in [5, 5.41) is 8.95. The van der Waals surface area contributed by atoms with Crippen LogP contribution in [0.4, 0.5) is 0 Å². The van der Waals surface area contributed by atoms with Crippen molar-refractivity contribution in [2.45, 2.75) is 71.4 Å². The Morgan fingerprint density at radius 1 is 1.14 bits per heavy atom. The second-order valence-electron chi connectivity index (χ2n) is 6.29. The maximum Gasteiger partial charge on any atom is 0.317 e. The van der Waals surface area contributed by atoms with Gasteiger partial charge in [0.05, 0.1) is 13.1 Å². The molecule has 122 valence electrons. The summed E-state index contributed by atoms with van der Waals surface area (Å²) in [5.41, 5.74) is 0. The monoisotopic (exact) mass is 298 g/mol. The molecule has 0 radical (unpaired) electrons. The Bertz CT molecular complexity index is 338. The van der Waals surface area contributed by atoms with E-state index < -0.39 is 5.97 Å². The topological polar surface area (TPSA) is 60.9 Å². The van der Waals surface area contributed by atoms with Gasteiger partial charge >= 0.3 is 5.97 Å². The first-order valence-corrected chi connectivity index (χ1v) is 8.21. The highest BCUT2D eigenvalue weighted by atomic mass is 16.4. The average Bonchev–Trinajstić information content (AvgIpc) is 2.39. The van der Waals surface area contributed by atoms with Gasteiger partial charge in [0, 0.05) is 12.1 Å². The largest absolute Gasteiger partial charge is 0.480 e. The SMILES string of the molecule is CCCN(CC(=O)O)CC(=O)N(C(C)C)C1CCCCC1. The number of carboxylic acid groups (broad SMARTS) is 1. The molecule has 0 saturated heterocycles. The Labute approximate surface area is 128 Å². The summed E-state index contributed by atoms with van der Waals surface area (Å²) < 4.78 is 0. The second-order valence-corrected chi connectivity index (χ2v) is 6.29. The molecular formula is C16H30N2O3. The van der Waals surface area contributed by atoms with Crippen LogP contribution in [0.1, 0.15) is 59.3 Å². The van der Waals surface area contributed by atoms with Crippen molar-refractivity contribution < 1.29 is 14.7 Å². The first-order chi connectivity index (χ1) is 9.95. The van der Waals surface area contributed by atoms with Gasteiger partial charge in [0.2, 0.25) is 5.91 Å². The van der Waals surface area contributed by atoms with Crippen molar-refractivity contribution in [1.29, 1.82) is 0 Å². The minimum absolute atomic E-state index is 0.0593. The summed E-state index contributed by atoms with van der Waals surface area (Å²) in [7, 11) is 0. The molecule has 0 unspecified atom stereocenters. The van der Waals surface area contributed by atoms with Crippen LogP contribution in [0, 0.1) is 0 Å². The van der Waals surface area contributed by atoms with Crippen LogP contribution < -0.4 is 0 Å².